The van der Waals surface area contributed by atoms with E-state index in [0.717, 1.165) is 46.9 Å². The molecular formula is C29H40O4. The van der Waals surface area contributed by atoms with Crippen LogP contribution in [0, 0.1) is 0 Å². The minimum atomic E-state index is -0.437. The third-order valence-corrected chi connectivity index (χ3v) is 5.66. The summed E-state index contributed by atoms with van der Waals surface area (Å²) in [6.45, 7) is 19.6. The van der Waals surface area contributed by atoms with Gasteiger partial charge in [0.2, 0.25) is 0 Å². The van der Waals surface area contributed by atoms with Crippen molar-refractivity contribution in [2.75, 3.05) is 13.2 Å². The zero-order chi connectivity index (χ0) is 24.8. The topological polar surface area (TPSA) is 55.8 Å². The number of hydrogen-bond donors (Lipinski definition) is 1. The van der Waals surface area contributed by atoms with E-state index in [1.54, 1.807) is 6.07 Å². The van der Waals surface area contributed by atoms with Gasteiger partial charge in [0.05, 0.1) is 13.2 Å². The second kappa shape index (κ2) is 10.9. The van der Waals surface area contributed by atoms with Crippen LogP contribution in [0.25, 0.3) is 11.1 Å². The summed E-state index contributed by atoms with van der Waals surface area (Å²) in [6.07, 6.45) is 3.72. The monoisotopic (exact) mass is 452 g/mol. The van der Waals surface area contributed by atoms with E-state index in [2.05, 4.69) is 67.2 Å². The summed E-state index contributed by atoms with van der Waals surface area (Å²) in [6, 6.07) is 9.93. The summed E-state index contributed by atoms with van der Waals surface area (Å²) in [5.74, 6) is 0.593. The first kappa shape index (κ1) is 26.5. The molecule has 0 aliphatic carbocycles. The van der Waals surface area contributed by atoms with Crippen molar-refractivity contribution in [3.8, 4) is 22.6 Å². The van der Waals surface area contributed by atoms with Crippen molar-refractivity contribution in [1.82, 2.24) is 0 Å². The Morgan fingerprint density at radius 3 is 2.27 bits per heavy atom. The van der Waals surface area contributed by atoms with E-state index < -0.39 is 5.97 Å². The number of unbranched alkanes of at least 4 members (excludes halogenated alkanes) is 1. The summed E-state index contributed by atoms with van der Waals surface area (Å²) in [5.41, 5.74) is 4.71. The molecule has 2 aromatic carbocycles. The minimum absolute atomic E-state index is 0.0666. The lowest BCUT2D eigenvalue weighted by atomic mass is 9.78. The third-order valence-electron chi connectivity index (χ3n) is 5.66. The number of carbonyl (C=O) groups excluding carboxylic acids is 1. The van der Waals surface area contributed by atoms with Gasteiger partial charge in [0.1, 0.15) is 11.5 Å². The lowest BCUT2D eigenvalue weighted by Gasteiger charge is -2.30. The van der Waals surface area contributed by atoms with Gasteiger partial charge < -0.3 is 14.6 Å². The predicted octanol–water partition coefficient (Wildman–Crippen LogP) is 7.10. The van der Waals surface area contributed by atoms with Gasteiger partial charge in [-0.2, -0.15) is 0 Å². The molecule has 0 saturated carbocycles. The SMILES string of the molecule is C=CC(=O)OCCc1ccc(O)c(-c2cc(C(C)(C)C)cc(C(C)(C)C)c2OCCCC)c1. The second-order valence-electron chi connectivity index (χ2n) is 10.6. The van der Waals surface area contributed by atoms with Crippen molar-refractivity contribution in [3.05, 3.63) is 59.7 Å². The van der Waals surface area contributed by atoms with E-state index in [1.807, 2.05) is 12.1 Å². The van der Waals surface area contributed by atoms with Gasteiger partial charge in [-0.1, -0.05) is 73.6 Å². The number of phenols is 1. The van der Waals surface area contributed by atoms with E-state index in [4.69, 9.17) is 9.47 Å². The lowest BCUT2D eigenvalue weighted by molar-refractivity contribution is -0.137. The Morgan fingerprint density at radius 2 is 1.70 bits per heavy atom. The van der Waals surface area contributed by atoms with Crippen LogP contribution in [0.15, 0.2) is 43.0 Å². The molecule has 2 aromatic rings. The summed E-state index contributed by atoms with van der Waals surface area (Å²) >= 11 is 0. The molecule has 0 saturated heterocycles. The van der Waals surface area contributed by atoms with Crippen molar-refractivity contribution in [2.45, 2.75) is 78.6 Å². The van der Waals surface area contributed by atoms with Gasteiger partial charge >= 0.3 is 5.97 Å². The van der Waals surface area contributed by atoms with Crippen LogP contribution in [-0.4, -0.2) is 24.3 Å². The number of rotatable bonds is 9. The van der Waals surface area contributed by atoms with Gasteiger partial charge in [0.25, 0.3) is 0 Å². The molecule has 4 heteroatoms. The Hall–Kier alpha value is -2.75. The Labute approximate surface area is 199 Å². The average molecular weight is 453 g/mol. The number of ether oxygens (including phenoxy) is 2. The zero-order valence-corrected chi connectivity index (χ0v) is 21.4. The lowest BCUT2D eigenvalue weighted by Crippen LogP contribution is -2.19. The van der Waals surface area contributed by atoms with Crippen molar-refractivity contribution in [3.63, 3.8) is 0 Å². The van der Waals surface area contributed by atoms with E-state index in [-0.39, 0.29) is 23.2 Å². The minimum Gasteiger partial charge on any atom is -0.507 e. The summed E-state index contributed by atoms with van der Waals surface area (Å²) in [7, 11) is 0. The maximum absolute atomic E-state index is 11.4. The number of aromatic hydroxyl groups is 1. The van der Waals surface area contributed by atoms with Crippen LogP contribution in [-0.2, 0) is 26.8 Å². The zero-order valence-electron chi connectivity index (χ0n) is 21.4. The molecule has 0 bridgehead atoms. The Bertz CT molecular complexity index is 974. The molecule has 0 spiro atoms. The Morgan fingerprint density at radius 1 is 1.00 bits per heavy atom. The first-order chi connectivity index (χ1) is 15.4. The number of esters is 1. The molecule has 1 N–H and O–H groups in total. The molecule has 33 heavy (non-hydrogen) atoms. The van der Waals surface area contributed by atoms with E-state index in [0.29, 0.717) is 13.0 Å². The molecule has 0 atom stereocenters. The average Bonchev–Trinajstić information content (AvgIpc) is 2.73. The Balaban J connectivity index is 2.66. The summed E-state index contributed by atoms with van der Waals surface area (Å²) in [5, 5.41) is 10.9. The van der Waals surface area contributed by atoms with Crippen LogP contribution < -0.4 is 4.74 Å². The van der Waals surface area contributed by atoms with Crippen molar-refractivity contribution in [2.24, 2.45) is 0 Å². The van der Waals surface area contributed by atoms with E-state index >= 15 is 0 Å². The maximum Gasteiger partial charge on any atom is 0.330 e. The fourth-order valence-electron chi connectivity index (χ4n) is 3.58. The first-order valence-corrected chi connectivity index (χ1v) is 11.8. The van der Waals surface area contributed by atoms with Crippen LogP contribution in [0.5, 0.6) is 11.5 Å². The molecule has 0 unspecified atom stereocenters. The molecular weight excluding hydrogens is 412 g/mol. The van der Waals surface area contributed by atoms with Crippen molar-refractivity contribution in [1.29, 1.82) is 0 Å². The molecule has 0 fully saturated rings. The molecule has 0 heterocycles. The van der Waals surface area contributed by atoms with Gasteiger partial charge in [0, 0.05) is 29.2 Å². The highest BCUT2D eigenvalue weighted by molar-refractivity contribution is 5.81. The van der Waals surface area contributed by atoms with Gasteiger partial charge in [-0.25, -0.2) is 4.79 Å². The normalized spacial score (nSPS) is 11.8. The molecule has 0 radical (unpaired) electrons. The predicted molar refractivity (Wildman–Crippen MR) is 136 cm³/mol. The molecule has 0 aliphatic heterocycles. The number of phenolic OH excluding ortho intramolecular Hbond substituents is 1. The highest BCUT2D eigenvalue weighted by atomic mass is 16.5. The van der Waals surface area contributed by atoms with Crippen molar-refractivity contribution < 1.29 is 19.4 Å². The molecule has 2 rings (SSSR count). The number of carbonyl (C=O) groups is 1. The molecule has 0 amide bonds. The molecule has 4 nitrogen and oxygen atoms in total. The van der Waals surface area contributed by atoms with Crippen LogP contribution in [0.2, 0.25) is 0 Å². The highest BCUT2D eigenvalue weighted by Gasteiger charge is 2.27. The second-order valence-corrected chi connectivity index (χ2v) is 10.6. The quantitative estimate of drug-likeness (QED) is 0.250. The van der Waals surface area contributed by atoms with Crippen LogP contribution >= 0.6 is 0 Å². The summed E-state index contributed by atoms with van der Waals surface area (Å²) in [4.78, 5) is 11.4. The fraction of sp³-hybridized carbons (Fsp3) is 0.483. The number of hydrogen-bond acceptors (Lipinski definition) is 4. The standard InChI is InChI=1S/C29H40O4/c1-9-11-15-33-27-23(18-21(28(3,4)5)19-24(27)29(6,7)8)22-17-20(12-13-25(22)30)14-16-32-26(31)10-2/h10,12-13,17-19,30H,2,9,11,14-16H2,1,3-8H3. The largest absolute Gasteiger partial charge is 0.507 e. The fourth-order valence-corrected chi connectivity index (χ4v) is 3.58. The van der Waals surface area contributed by atoms with Gasteiger partial charge in [0.15, 0.2) is 0 Å². The summed E-state index contributed by atoms with van der Waals surface area (Å²) < 4.78 is 11.5. The molecule has 0 aliphatic rings. The molecule has 0 aromatic heterocycles. The third kappa shape index (κ3) is 7.12. The van der Waals surface area contributed by atoms with Crippen LogP contribution in [0.3, 0.4) is 0 Å². The van der Waals surface area contributed by atoms with E-state index in [9.17, 15) is 9.90 Å². The van der Waals surface area contributed by atoms with Crippen molar-refractivity contribution >= 4 is 5.97 Å². The van der Waals surface area contributed by atoms with Crippen LogP contribution in [0.1, 0.15) is 78.0 Å². The highest BCUT2D eigenvalue weighted by Crippen LogP contribution is 2.45. The van der Waals surface area contributed by atoms with E-state index in [1.165, 1.54) is 5.56 Å². The maximum atomic E-state index is 11.4. The number of benzene rings is 2. The first-order valence-electron chi connectivity index (χ1n) is 11.8. The van der Waals surface area contributed by atoms with Crippen LogP contribution in [0.4, 0.5) is 0 Å². The molecule has 180 valence electrons. The van der Waals surface area contributed by atoms with Gasteiger partial charge in [-0.3, -0.25) is 0 Å². The van der Waals surface area contributed by atoms with Gasteiger partial charge in [-0.15, -0.1) is 0 Å². The Kier molecular flexibility index (Phi) is 8.76. The smallest absolute Gasteiger partial charge is 0.330 e. The van der Waals surface area contributed by atoms with Gasteiger partial charge in [-0.05, 0) is 46.6 Å².